The number of anilines is 1. The van der Waals surface area contributed by atoms with Gasteiger partial charge in [0.1, 0.15) is 12.3 Å². The van der Waals surface area contributed by atoms with Gasteiger partial charge in [-0.15, -0.1) is 0 Å². The van der Waals surface area contributed by atoms with Crippen molar-refractivity contribution in [2.45, 2.75) is 38.7 Å². The van der Waals surface area contributed by atoms with E-state index < -0.39 is 0 Å². The molecule has 2 rings (SSSR count). The van der Waals surface area contributed by atoms with E-state index >= 15 is 0 Å². The average Bonchev–Trinajstić information content (AvgIpc) is 2.63. The van der Waals surface area contributed by atoms with E-state index in [2.05, 4.69) is 5.10 Å². The first-order valence-corrected chi connectivity index (χ1v) is 6.28. The fourth-order valence-corrected chi connectivity index (χ4v) is 2.12. The van der Waals surface area contributed by atoms with Gasteiger partial charge in [0.15, 0.2) is 0 Å². The number of aryl methyl sites for hydroxylation is 2. The van der Waals surface area contributed by atoms with Crippen LogP contribution in [0.3, 0.4) is 0 Å². The van der Waals surface area contributed by atoms with Crippen LogP contribution in [-0.4, -0.2) is 29.1 Å². The van der Waals surface area contributed by atoms with Crippen molar-refractivity contribution in [3.63, 3.8) is 0 Å². The third-order valence-electron chi connectivity index (χ3n) is 3.12. The molecule has 0 aromatic carbocycles. The van der Waals surface area contributed by atoms with Gasteiger partial charge < -0.3 is 15.2 Å². The molecule has 1 saturated heterocycles. The number of nitrogen functional groups attached to an aromatic ring is 1. The van der Waals surface area contributed by atoms with Crippen LogP contribution in [0.4, 0.5) is 5.69 Å². The molecule has 0 amide bonds. The van der Waals surface area contributed by atoms with Crippen molar-refractivity contribution in [3.8, 4) is 5.88 Å². The van der Waals surface area contributed by atoms with E-state index in [1.165, 1.54) is 6.42 Å². The SMILES string of the molecule is CCc1nn(C)c(OCC2CCCCO2)c1N. The predicted octanol–water partition coefficient (Wildman–Crippen LogP) is 1.51. The monoisotopic (exact) mass is 239 g/mol. The van der Waals surface area contributed by atoms with Gasteiger partial charge in [-0.2, -0.15) is 5.10 Å². The van der Waals surface area contributed by atoms with Crippen molar-refractivity contribution in [1.82, 2.24) is 9.78 Å². The maximum Gasteiger partial charge on any atom is 0.235 e. The highest BCUT2D eigenvalue weighted by atomic mass is 16.5. The number of hydrogen-bond donors (Lipinski definition) is 1. The molecular weight excluding hydrogens is 218 g/mol. The second-order valence-corrected chi connectivity index (χ2v) is 4.44. The molecule has 0 saturated carbocycles. The van der Waals surface area contributed by atoms with Crippen LogP contribution < -0.4 is 10.5 Å². The summed E-state index contributed by atoms with van der Waals surface area (Å²) in [4.78, 5) is 0. The minimum absolute atomic E-state index is 0.197. The molecular formula is C12H21N3O2. The summed E-state index contributed by atoms with van der Waals surface area (Å²) in [7, 11) is 1.85. The van der Waals surface area contributed by atoms with Crippen LogP contribution in [0, 0.1) is 0 Å². The van der Waals surface area contributed by atoms with Gasteiger partial charge in [0.05, 0.1) is 11.8 Å². The van der Waals surface area contributed by atoms with Crippen molar-refractivity contribution in [1.29, 1.82) is 0 Å². The molecule has 2 heterocycles. The molecule has 0 bridgehead atoms. The largest absolute Gasteiger partial charge is 0.474 e. The normalized spacial score (nSPS) is 20.5. The molecule has 1 aliphatic rings. The highest BCUT2D eigenvalue weighted by Crippen LogP contribution is 2.25. The Morgan fingerprint density at radius 3 is 2.94 bits per heavy atom. The summed E-state index contributed by atoms with van der Waals surface area (Å²) >= 11 is 0. The second-order valence-electron chi connectivity index (χ2n) is 4.44. The van der Waals surface area contributed by atoms with E-state index in [-0.39, 0.29) is 6.10 Å². The van der Waals surface area contributed by atoms with E-state index in [4.69, 9.17) is 15.2 Å². The molecule has 1 atom stereocenters. The maximum atomic E-state index is 5.98. The van der Waals surface area contributed by atoms with Gasteiger partial charge in [0.25, 0.3) is 0 Å². The van der Waals surface area contributed by atoms with Crippen molar-refractivity contribution in [2.75, 3.05) is 18.9 Å². The van der Waals surface area contributed by atoms with Crippen molar-refractivity contribution < 1.29 is 9.47 Å². The van der Waals surface area contributed by atoms with Crippen LogP contribution in [0.2, 0.25) is 0 Å². The van der Waals surface area contributed by atoms with Crippen molar-refractivity contribution in [3.05, 3.63) is 5.69 Å². The Labute approximate surface area is 102 Å². The third kappa shape index (κ3) is 2.72. The van der Waals surface area contributed by atoms with Gasteiger partial charge in [0, 0.05) is 13.7 Å². The van der Waals surface area contributed by atoms with Crippen molar-refractivity contribution in [2.24, 2.45) is 7.05 Å². The molecule has 1 aromatic heterocycles. The van der Waals surface area contributed by atoms with Gasteiger partial charge in [-0.05, 0) is 25.7 Å². The van der Waals surface area contributed by atoms with E-state index in [0.717, 1.165) is 31.6 Å². The summed E-state index contributed by atoms with van der Waals surface area (Å²) in [6, 6.07) is 0. The first-order chi connectivity index (χ1) is 8.22. The van der Waals surface area contributed by atoms with Gasteiger partial charge in [-0.25, -0.2) is 4.68 Å². The quantitative estimate of drug-likeness (QED) is 0.865. The summed E-state index contributed by atoms with van der Waals surface area (Å²) < 4.78 is 13.1. The molecule has 0 radical (unpaired) electrons. The van der Waals surface area contributed by atoms with Crippen molar-refractivity contribution >= 4 is 5.69 Å². The zero-order valence-electron chi connectivity index (χ0n) is 10.6. The van der Waals surface area contributed by atoms with Gasteiger partial charge in [0.2, 0.25) is 5.88 Å². The molecule has 1 fully saturated rings. The summed E-state index contributed by atoms with van der Waals surface area (Å²) in [5, 5.41) is 4.32. The Bertz CT molecular complexity index is 370. The van der Waals surface area contributed by atoms with Crippen LogP contribution in [0.15, 0.2) is 0 Å². The Morgan fingerprint density at radius 1 is 1.53 bits per heavy atom. The maximum absolute atomic E-state index is 5.98. The first kappa shape index (κ1) is 12.2. The lowest BCUT2D eigenvalue weighted by atomic mass is 10.1. The summed E-state index contributed by atoms with van der Waals surface area (Å²) in [6.45, 7) is 3.44. The number of ether oxygens (including phenoxy) is 2. The summed E-state index contributed by atoms with van der Waals surface area (Å²) in [6.07, 6.45) is 4.46. The number of hydrogen-bond acceptors (Lipinski definition) is 4. The van der Waals surface area contributed by atoms with Crippen LogP contribution in [0.5, 0.6) is 5.88 Å². The fourth-order valence-electron chi connectivity index (χ4n) is 2.12. The molecule has 5 heteroatoms. The van der Waals surface area contributed by atoms with Crippen LogP contribution in [0.1, 0.15) is 31.9 Å². The van der Waals surface area contributed by atoms with Crippen LogP contribution >= 0.6 is 0 Å². The van der Waals surface area contributed by atoms with Gasteiger partial charge in [-0.3, -0.25) is 0 Å². The zero-order chi connectivity index (χ0) is 12.3. The molecule has 1 aliphatic heterocycles. The molecule has 17 heavy (non-hydrogen) atoms. The number of rotatable bonds is 4. The third-order valence-corrected chi connectivity index (χ3v) is 3.12. The van der Waals surface area contributed by atoms with Gasteiger partial charge in [-0.1, -0.05) is 6.92 Å². The van der Waals surface area contributed by atoms with E-state index in [1.807, 2.05) is 14.0 Å². The van der Waals surface area contributed by atoms with Gasteiger partial charge >= 0.3 is 0 Å². The lowest BCUT2D eigenvalue weighted by Gasteiger charge is -2.22. The van der Waals surface area contributed by atoms with Crippen LogP contribution in [0.25, 0.3) is 0 Å². The Hall–Kier alpha value is -1.23. The molecule has 96 valence electrons. The summed E-state index contributed by atoms with van der Waals surface area (Å²) in [5.74, 6) is 0.663. The number of aromatic nitrogens is 2. The molecule has 2 N–H and O–H groups in total. The molecule has 1 aromatic rings. The number of nitrogens with zero attached hydrogens (tertiary/aromatic N) is 2. The molecule has 0 aliphatic carbocycles. The average molecular weight is 239 g/mol. The first-order valence-electron chi connectivity index (χ1n) is 6.28. The molecule has 1 unspecified atom stereocenters. The Kier molecular flexibility index (Phi) is 3.89. The second kappa shape index (κ2) is 5.40. The Balaban J connectivity index is 1.95. The number of nitrogens with two attached hydrogens (primary N) is 1. The standard InChI is InChI=1S/C12H21N3O2/c1-3-10-11(13)12(15(2)14-10)17-8-9-6-4-5-7-16-9/h9H,3-8,13H2,1-2H3. The predicted molar refractivity (Wildman–Crippen MR) is 66.1 cm³/mol. The Morgan fingerprint density at radius 2 is 2.35 bits per heavy atom. The highest BCUT2D eigenvalue weighted by molar-refractivity contribution is 5.53. The van der Waals surface area contributed by atoms with E-state index in [1.54, 1.807) is 4.68 Å². The lowest BCUT2D eigenvalue weighted by molar-refractivity contribution is -0.0125. The topological polar surface area (TPSA) is 62.3 Å². The lowest BCUT2D eigenvalue weighted by Crippen LogP contribution is -2.26. The van der Waals surface area contributed by atoms with E-state index in [9.17, 15) is 0 Å². The molecule has 5 nitrogen and oxygen atoms in total. The van der Waals surface area contributed by atoms with E-state index in [0.29, 0.717) is 18.2 Å². The van der Waals surface area contributed by atoms with Crippen LogP contribution in [-0.2, 0) is 18.2 Å². The minimum atomic E-state index is 0.197. The highest BCUT2D eigenvalue weighted by Gasteiger charge is 2.18. The fraction of sp³-hybridized carbons (Fsp3) is 0.750. The molecule has 0 spiro atoms. The minimum Gasteiger partial charge on any atom is -0.474 e. The smallest absolute Gasteiger partial charge is 0.235 e. The summed E-state index contributed by atoms with van der Waals surface area (Å²) in [5.41, 5.74) is 7.53. The zero-order valence-corrected chi connectivity index (χ0v) is 10.6.